The van der Waals surface area contributed by atoms with Crippen LogP contribution >= 0.6 is 35.0 Å². The van der Waals surface area contributed by atoms with Crippen LogP contribution in [0.2, 0.25) is 10.0 Å². The molecule has 4 bridgehead atoms. The van der Waals surface area contributed by atoms with Crippen LogP contribution in [0.4, 0.5) is 5.69 Å². The van der Waals surface area contributed by atoms with Gasteiger partial charge in [0.05, 0.1) is 15.8 Å². The second kappa shape index (κ2) is 7.22. The number of carbonyl (C=O) groups excluding carboxylic acids is 1. The number of nitrogens with zero attached hydrogens (tertiary/aromatic N) is 2. The Balaban J connectivity index is 1.21. The molecular formula is C20H22Cl2N4OS. The molecule has 1 aromatic carbocycles. The normalized spacial score (nSPS) is 30.6. The van der Waals surface area contributed by atoms with E-state index in [1.165, 1.54) is 50.3 Å². The van der Waals surface area contributed by atoms with E-state index >= 15 is 0 Å². The van der Waals surface area contributed by atoms with Gasteiger partial charge in [-0.15, -0.1) is 5.10 Å². The summed E-state index contributed by atoms with van der Waals surface area (Å²) in [7, 11) is 0. The minimum atomic E-state index is -0.121. The molecule has 4 saturated carbocycles. The molecule has 0 aliphatic heterocycles. The van der Waals surface area contributed by atoms with E-state index < -0.39 is 0 Å². The lowest BCUT2D eigenvalue weighted by atomic mass is 9.49. The molecule has 1 heterocycles. The van der Waals surface area contributed by atoms with Gasteiger partial charge in [0.25, 0.3) is 0 Å². The Morgan fingerprint density at radius 2 is 1.82 bits per heavy atom. The molecule has 5 nitrogen and oxygen atoms in total. The van der Waals surface area contributed by atoms with Crippen molar-refractivity contribution < 1.29 is 4.79 Å². The number of carbonyl (C=O) groups is 1. The predicted molar refractivity (Wildman–Crippen MR) is 112 cm³/mol. The third-order valence-electron chi connectivity index (χ3n) is 6.54. The van der Waals surface area contributed by atoms with Crippen LogP contribution in [-0.4, -0.2) is 26.8 Å². The van der Waals surface area contributed by atoms with Gasteiger partial charge in [0.15, 0.2) is 0 Å². The maximum Gasteiger partial charge on any atom is 0.234 e. The molecule has 8 heteroatoms. The number of halogens is 2. The molecule has 148 valence electrons. The van der Waals surface area contributed by atoms with Crippen molar-refractivity contribution >= 4 is 46.6 Å². The van der Waals surface area contributed by atoms with Crippen molar-refractivity contribution in [2.45, 2.75) is 49.1 Å². The van der Waals surface area contributed by atoms with Crippen molar-refractivity contribution in [2.24, 2.45) is 17.8 Å². The first-order valence-corrected chi connectivity index (χ1v) is 11.5. The number of benzene rings is 1. The zero-order valence-corrected chi connectivity index (χ0v) is 17.7. The van der Waals surface area contributed by atoms with Gasteiger partial charge in [-0.2, -0.15) is 0 Å². The number of anilines is 1. The van der Waals surface area contributed by atoms with Gasteiger partial charge in [0.2, 0.25) is 11.1 Å². The topological polar surface area (TPSA) is 70.7 Å². The average molecular weight is 437 g/mol. The number of nitrogens with one attached hydrogen (secondary N) is 2. The first-order valence-electron chi connectivity index (χ1n) is 9.80. The van der Waals surface area contributed by atoms with E-state index in [1.54, 1.807) is 18.2 Å². The molecule has 0 unspecified atom stereocenters. The SMILES string of the molecule is O=C(CSc1n[nH]c(C23CC4CC(CC(C4)C2)C3)n1)Nc1ccc(Cl)c(Cl)c1. The molecule has 0 saturated heterocycles. The minimum absolute atomic E-state index is 0.121. The van der Waals surface area contributed by atoms with Gasteiger partial charge >= 0.3 is 0 Å². The summed E-state index contributed by atoms with van der Waals surface area (Å²) < 4.78 is 0. The van der Waals surface area contributed by atoms with Crippen LogP contribution in [0, 0.1) is 17.8 Å². The lowest BCUT2D eigenvalue weighted by Gasteiger charge is -2.55. The molecule has 1 aromatic heterocycles. The van der Waals surface area contributed by atoms with Crippen LogP contribution < -0.4 is 5.32 Å². The van der Waals surface area contributed by atoms with Crippen LogP contribution in [0.25, 0.3) is 0 Å². The third kappa shape index (κ3) is 3.55. The summed E-state index contributed by atoms with van der Waals surface area (Å²) in [4.78, 5) is 17.0. The van der Waals surface area contributed by atoms with Crippen molar-refractivity contribution in [1.29, 1.82) is 0 Å². The number of hydrogen-bond acceptors (Lipinski definition) is 4. The van der Waals surface area contributed by atoms with Gasteiger partial charge in [0, 0.05) is 11.1 Å². The summed E-state index contributed by atoms with van der Waals surface area (Å²) in [6, 6.07) is 5.04. The minimum Gasteiger partial charge on any atom is -0.325 e. The van der Waals surface area contributed by atoms with Crippen molar-refractivity contribution in [1.82, 2.24) is 15.2 Å². The fourth-order valence-corrected chi connectivity index (χ4v) is 6.75. The molecule has 1 amide bonds. The standard InChI is InChI=1S/C20H22Cl2N4OS/c21-15-2-1-14(6-16(15)22)23-17(27)10-28-19-24-18(25-26-19)20-7-11-3-12(8-20)5-13(4-11)9-20/h1-2,6,11-13H,3-5,7-10H2,(H,23,27)(H,24,25,26). The van der Waals surface area contributed by atoms with Gasteiger partial charge in [-0.25, -0.2) is 4.98 Å². The summed E-state index contributed by atoms with van der Waals surface area (Å²) in [5.41, 5.74) is 0.826. The predicted octanol–water partition coefficient (Wildman–Crippen LogP) is 5.31. The summed E-state index contributed by atoms with van der Waals surface area (Å²) in [5.74, 6) is 3.76. The highest BCUT2D eigenvalue weighted by atomic mass is 35.5. The summed E-state index contributed by atoms with van der Waals surface area (Å²) in [6.07, 6.45) is 7.96. The molecule has 0 spiro atoms. The van der Waals surface area contributed by atoms with Crippen LogP contribution in [-0.2, 0) is 10.2 Å². The number of hydrogen-bond donors (Lipinski definition) is 2. The van der Waals surface area contributed by atoms with Gasteiger partial charge < -0.3 is 5.32 Å². The fourth-order valence-electron chi connectivity index (χ4n) is 5.85. The van der Waals surface area contributed by atoms with Crippen molar-refractivity contribution in [3.8, 4) is 0 Å². The van der Waals surface area contributed by atoms with E-state index in [0.29, 0.717) is 20.9 Å². The molecule has 0 atom stereocenters. The third-order valence-corrected chi connectivity index (χ3v) is 8.13. The second-order valence-electron chi connectivity index (χ2n) is 8.63. The van der Waals surface area contributed by atoms with Crippen LogP contribution in [0.3, 0.4) is 0 Å². The molecule has 6 rings (SSSR count). The highest BCUT2D eigenvalue weighted by molar-refractivity contribution is 7.99. The van der Waals surface area contributed by atoms with E-state index in [2.05, 4.69) is 15.5 Å². The highest BCUT2D eigenvalue weighted by Gasteiger charge is 2.53. The zero-order chi connectivity index (χ0) is 19.3. The monoisotopic (exact) mass is 436 g/mol. The average Bonchev–Trinajstić information content (AvgIpc) is 3.12. The maximum atomic E-state index is 12.2. The van der Waals surface area contributed by atoms with Gasteiger partial charge in [-0.1, -0.05) is 35.0 Å². The van der Waals surface area contributed by atoms with E-state index in [9.17, 15) is 4.79 Å². The second-order valence-corrected chi connectivity index (χ2v) is 10.4. The Morgan fingerprint density at radius 1 is 1.14 bits per heavy atom. The van der Waals surface area contributed by atoms with Gasteiger partial charge in [-0.05, 0) is 74.5 Å². The number of thioether (sulfide) groups is 1. The Kier molecular flexibility index (Phi) is 4.84. The Hall–Kier alpha value is -1.24. The van der Waals surface area contributed by atoms with E-state index in [-0.39, 0.29) is 17.1 Å². The first-order chi connectivity index (χ1) is 13.5. The lowest BCUT2D eigenvalue weighted by Crippen LogP contribution is -2.49. The van der Waals surface area contributed by atoms with Crippen LogP contribution in [0.1, 0.15) is 44.3 Å². The number of aromatic nitrogens is 3. The lowest BCUT2D eigenvalue weighted by molar-refractivity contribution is -0.113. The maximum absolute atomic E-state index is 12.2. The first kappa shape index (κ1) is 18.8. The van der Waals surface area contributed by atoms with Crippen LogP contribution in [0.5, 0.6) is 0 Å². The quantitative estimate of drug-likeness (QED) is 0.622. The Labute approximate surface area is 178 Å². The van der Waals surface area contributed by atoms with Crippen molar-refractivity contribution in [2.75, 3.05) is 11.1 Å². The molecule has 4 aliphatic rings. The zero-order valence-electron chi connectivity index (χ0n) is 15.4. The smallest absolute Gasteiger partial charge is 0.234 e. The molecule has 2 aromatic rings. The molecule has 28 heavy (non-hydrogen) atoms. The number of amides is 1. The summed E-state index contributed by atoms with van der Waals surface area (Å²) in [5, 5.41) is 11.9. The number of rotatable bonds is 5. The molecule has 4 aliphatic carbocycles. The largest absolute Gasteiger partial charge is 0.325 e. The Morgan fingerprint density at radius 3 is 2.46 bits per heavy atom. The molecule has 4 fully saturated rings. The summed E-state index contributed by atoms with van der Waals surface area (Å²) >= 11 is 13.2. The Bertz CT molecular complexity index is 880. The van der Waals surface area contributed by atoms with Crippen molar-refractivity contribution in [3.05, 3.63) is 34.1 Å². The molecular weight excluding hydrogens is 415 g/mol. The van der Waals surface area contributed by atoms with E-state index in [0.717, 1.165) is 23.6 Å². The van der Waals surface area contributed by atoms with Crippen LogP contribution in [0.15, 0.2) is 23.4 Å². The number of aromatic amines is 1. The van der Waals surface area contributed by atoms with E-state index in [4.69, 9.17) is 28.2 Å². The fraction of sp³-hybridized carbons (Fsp3) is 0.550. The number of H-pyrrole nitrogens is 1. The van der Waals surface area contributed by atoms with Gasteiger partial charge in [0.1, 0.15) is 5.82 Å². The summed E-state index contributed by atoms with van der Waals surface area (Å²) in [6.45, 7) is 0. The van der Waals surface area contributed by atoms with Crippen molar-refractivity contribution in [3.63, 3.8) is 0 Å². The van der Waals surface area contributed by atoms with E-state index in [1.807, 2.05) is 0 Å². The molecule has 0 radical (unpaired) electrons. The highest BCUT2D eigenvalue weighted by Crippen LogP contribution is 2.60. The molecule has 2 N–H and O–H groups in total. The van der Waals surface area contributed by atoms with Gasteiger partial charge in [-0.3, -0.25) is 9.89 Å².